The van der Waals surface area contributed by atoms with Gasteiger partial charge in [0, 0.05) is 12.3 Å². The normalized spacial score (nSPS) is 21.0. The predicted octanol–water partition coefficient (Wildman–Crippen LogP) is 2.54. The number of carbonyl (C=O) groups excluding carboxylic acids is 1. The van der Waals surface area contributed by atoms with E-state index < -0.39 is 0 Å². The summed E-state index contributed by atoms with van der Waals surface area (Å²) in [7, 11) is 1.56. The zero-order valence-electron chi connectivity index (χ0n) is 14.1. The first-order valence-electron chi connectivity index (χ1n) is 8.04. The van der Waals surface area contributed by atoms with E-state index in [1.165, 1.54) is 0 Å². The molecular formula is C18H22N2O4. The molecule has 0 saturated heterocycles. The van der Waals surface area contributed by atoms with Crippen molar-refractivity contribution in [2.45, 2.75) is 38.8 Å². The third kappa shape index (κ3) is 3.28. The minimum absolute atomic E-state index is 0.174. The molecule has 24 heavy (non-hydrogen) atoms. The maximum absolute atomic E-state index is 12.6. The van der Waals surface area contributed by atoms with Gasteiger partial charge in [-0.25, -0.2) is 4.98 Å². The largest absolute Gasteiger partial charge is 0.481 e. The predicted molar refractivity (Wildman–Crippen MR) is 87.9 cm³/mol. The second-order valence-electron chi connectivity index (χ2n) is 6.30. The van der Waals surface area contributed by atoms with E-state index in [1.54, 1.807) is 32.4 Å². The molecule has 0 radical (unpaired) electrons. The lowest BCUT2D eigenvalue weighted by atomic mass is 9.75. The molecule has 1 fully saturated rings. The fraction of sp³-hybridized carbons (Fsp3) is 0.444. The molecule has 2 heterocycles. The first-order valence-corrected chi connectivity index (χ1v) is 8.04. The molecule has 0 spiro atoms. The molecule has 2 aromatic rings. The highest BCUT2D eigenvalue weighted by Crippen LogP contribution is 2.38. The van der Waals surface area contributed by atoms with Gasteiger partial charge in [-0.3, -0.25) is 4.79 Å². The van der Waals surface area contributed by atoms with Crippen molar-refractivity contribution < 1.29 is 19.1 Å². The summed E-state index contributed by atoms with van der Waals surface area (Å²) < 4.78 is 10.5. The number of hydrogen-bond acceptors (Lipinski definition) is 5. The number of rotatable bonds is 5. The summed E-state index contributed by atoms with van der Waals surface area (Å²) in [5.41, 5.74) is 1.44. The number of aliphatic hydroxyl groups is 1. The van der Waals surface area contributed by atoms with Crippen molar-refractivity contribution >= 4 is 5.91 Å². The van der Waals surface area contributed by atoms with E-state index >= 15 is 0 Å². The van der Waals surface area contributed by atoms with Gasteiger partial charge in [0.15, 0.2) is 0 Å². The number of hydrogen-bond donors (Lipinski definition) is 2. The molecule has 0 aromatic carbocycles. The number of nitrogens with zero attached hydrogens (tertiary/aromatic N) is 1. The maximum Gasteiger partial charge on any atom is 0.255 e. The summed E-state index contributed by atoms with van der Waals surface area (Å²) in [6, 6.07) is 5.21. The quantitative estimate of drug-likeness (QED) is 0.880. The van der Waals surface area contributed by atoms with Gasteiger partial charge in [0.2, 0.25) is 5.88 Å². The van der Waals surface area contributed by atoms with E-state index in [0.717, 1.165) is 5.56 Å². The summed E-state index contributed by atoms with van der Waals surface area (Å²) in [5, 5.41) is 12.7. The SMILES string of the molecule is COc1ccc([C@H](NC(=O)c2cc(C)oc2C)C2CC(O)C2)cn1. The van der Waals surface area contributed by atoms with Gasteiger partial charge in [0.05, 0.1) is 24.8 Å². The number of carbonyl (C=O) groups is 1. The molecule has 128 valence electrons. The van der Waals surface area contributed by atoms with Crippen molar-refractivity contribution in [3.8, 4) is 5.88 Å². The number of aromatic nitrogens is 1. The number of nitrogens with one attached hydrogen (secondary N) is 1. The van der Waals surface area contributed by atoms with Crippen LogP contribution in [0.3, 0.4) is 0 Å². The molecule has 1 aliphatic rings. The fourth-order valence-corrected chi connectivity index (χ4v) is 3.15. The zero-order chi connectivity index (χ0) is 17.3. The summed E-state index contributed by atoms with van der Waals surface area (Å²) in [5.74, 6) is 1.85. The van der Waals surface area contributed by atoms with Crippen molar-refractivity contribution in [1.29, 1.82) is 0 Å². The van der Waals surface area contributed by atoms with Crippen LogP contribution in [-0.2, 0) is 0 Å². The molecule has 0 bridgehead atoms. The molecule has 6 heteroatoms. The Morgan fingerprint density at radius 2 is 2.17 bits per heavy atom. The lowest BCUT2D eigenvalue weighted by Crippen LogP contribution is -2.41. The first-order chi connectivity index (χ1) is 11.5. The highest BCUT2D eigenvalue weighted by Gasteiger charge is 2.36. The van der Waals surface area contributed by atoms with Crippen LogP contribution < -0.4 is 10.1 Å². The van der Waals surface area contributed by atoms with E-state index in [-0.39, 0.29) is 24.0 Å². The lowest BCUT2D eigenvalue weighted by Gasteiger charge is -2.38. The molecule has 1 aliphatic carbocycles. The monoisotopic (exact) mass is 330 g/mol. The maximum atomic E-state index is 12.6. The molecule has 1 atom stereocenters. The van der Waals surface area contributed by atoms with Crippen molar-refractivity contribution in [2.75, 3.05) is 7.11 Å². The highest BCUT2D eigenvalue weighted by atomic mass is 16.5. The van der Waals surface area contributed by atoms with Crippen molar-refractivity contribution in [3.05, 3.63) is 47.0 Å². The minimum atomic E-state index is -0.293. The molecule has 1 saturated carbocycles. The number of amides is 1. The van der Waals surface area contributed by atoms with E-state index in [1.807, 2.05) is 13.0 Å². The first kappa shape index (κ1) is 16.5. The second-order valence-corrected chi connectivity index (χ2v) is 6.30. The molecule has 6 nitrogen and oxygen atoms in total. The fourth-order valence-electron chi connectivity index (χ4n) is 3.15. The van der Waals surface area contributed by atoms with Gasteiger partial charge in [-0.05, 0) is 44.2 Å². The number of furan rings is 1. The lowest BCUT2D eigenvalue weighted by molar-refractivity contribution is 0.0234. The van der Waals surface area contributed by atoms with Crippen LogP contribution in [0.5, 0.6) is 5.88 Å². The number of pyridine rings is 1. The van der Waals surface area contributed by atoms with Crippen LogP contribution in [0.4, 0.5) is 0 Å². The van der Waals surface area contributed by atoms with Gasteiger partial charge >= 0.3 is 0 Å². The van der Waals surface area contributed by atoms with Gasteiger partial charge in [-0.15, -0.1) is 0 Å². The Kier molecular flexibility index (Phi) is 4.57. The van der Waals surface area contributed by atoms with Gasteiger partial charge in [0.1, 0.15) is 11.5 Å². The Labute approximate surface area is 140 Å². The second kappa shape index (κ2) is 6.65. The topological polar surface area (TPSA) is 84.6 Å². The summed E-state index contributed by atoms with van der Waals surface area (Å²) in [6.07, 6.45) is 2.75. The zero-order valence-corrected chi connectivity index (χ0v) is 14.1. The Balaban J connectivity index is 1.82. The van der Waals surface area contributed by atoms with Crippen LogP contribution in [-0.4, -0.2) is 29.2 Å². The third-order valence-electron chi connectivity index (χ3n) is 4.52. The Morgan fingerprint density at radius 3 is 2.67 bits per heavy atom. The summed E-state index contributed by atoms with van der Waals surface area (Å²) >= 11 is 0. The van der Waals surface area contributed by atoms with E-state index in [4.69, 9.17) is 9.15 Å². The molecule has 3 rings (SSSR count). The van der Waals surface area contributed by atoms with Crippen LogP contribution >= 0.6 is 0 Å². The van der Waals surface area contributed by atoms with Crippen molar-refractivity contribution in [2.24, 2.45) is 5.92 Å². The molecule has 2 aromatic heterocycles. The Bertz CT molecular complexity index is 717. The van der Waals surface area contributed by atoms with Crippen LogP contribution in [0, 0.1) is 19.8 Å². The molecule has 1 amide bonds. The molecular weight excluding hydrogens is 308 g/mol. The molecule has 0 aliphatic heterocycles. The van der Waals surface area contributed by atoms with Gasteiger partial charge in [-0.2, -0.15) is 0 Å². The highest BCUT2D eigenvalue weighted by molar-refractivity contribution is 5.95. The number of methoxy groups -OCH3 is 1. The van der Waals surface area contributed by atoms with Crippen LogP contribution in [0.1, 0.15) is 46.3 Å². The smallest absolute Gasteiger partial charge is 0.255 e. The molecule has 0 unspecified atom stereocenters. The van der Waals surface area contributed by atoms with E-state index in [2.05, 4.69) is 10.3 Å². The van der Waals surface area contributed by atoms with Crippen molar-refractivity contribution in [3.63, 3.8) is 0 Å². The van der Waals surface area contributed by atoms with Crippen LogP contribution in [0.2, 0.25) is 0 Å². The minimum Gasteiger partial charge on any atom is -0.481 e. The standard InChI is InChI=1S/C18H22N2O4/c1-10-6-15(11(2)24-10)18(22)20-17(13-7-14(21)8-13)12-4-5-16(23-3)19-9-12/h4-6,9,13-14,17,21H,7-8H2,1-3H3,(H,20,22)/t13?,14?,17-/m0/s1. The van der Waals surface area contributed by atoms with Gasteiger partial charge in [0.25, 0.3) is 5.91 Å². The van der Waals surface area contributed by atoms with E-state index in [9.17, 15) is 9.90 Å². The average Bonchev–Trinajstić information content (AvgIpc) is 2.88. The Hall–Kier alpha value is -2.34. The third-order valence-corrected chi connectivity index (χ3v) is 4.52. The van der Waals surface area contributed by atoms with Crippen molar-refractivity contribution in [1.82, 2.24) is 10.3 Å². The van der Waals surface area contributed by atoms with Gasteiger partial charge in [-0.1, -0.05) is 6.07 Å². The van der Waals surface area contributed by atoms with Crippen LogP contribution in [0.25, 0.3) is 0 Å². The number of aliphatic hydroxyl groups excluding tert-OH is 1. The summed E-state index contributed by atoms with van der Waals surface area (Å²) in [4.78, 5) is 16.9. The van der Waals surface area contributed by atoms with Crippen LogP contribution in [0.15, 0.2) is 28.8 Å². The number of aryl methyl sites for hydroxylation is 2. The average molecular weight is 330 g/mol. The van der Waals surface area contributed by atoms with E-state index in [0.29, 0.717) is 35.8 Å². The molecule has 2 N–H and O–H groups in total. The van der Waals surface area contributed by atoms with Gasteiger partial charge < -0.3 is 19.6 Å². The Morgan fingerprint density at radius 1 is 1.42 bits per heavy atom. The summed E-state index contributed by atoms with van der Waals surface area (Å²) in [6.45, 7) is 3.59. The number of ether oxygens (including phenoxy) is 1.